The minimum absolute atomic E-state index is 0.360. The lowest BCUT2D eigenvalue weighted by molar-refractivity contribution is 0.0696. The van der Waals surface area contributed by atoms with Crippen LogP contribution in [-0.4, -0.2) is 20.6 Å². The highest BCUT2D eigenvalue weighted by Crippen LogP contribution is 2.16. The van der Waals surface area contributed by atoms with E-state index < -0.39 is 5.97 Å². The summed E-state index contributed by atoms with van der Waals surface area (Å²) in [4.78, 5) is 15.3. The maximum atomic E-state index is 11.0. The Morgan fingerprint density at radius 3 is 2.71 bits per heavy atom. The van der Waals surface area contributed by atoms with E-state index in [2.05, 4.69) is 4.98 Å². The molecule has 0 aliphatic rings. The zero-order chi connectivity index (χ0) is 12.4. The number of rotatable bonds is 3. The monoisotopic (exact) mass is 230 g/mol. The quantitative estimate of drug-likeness (QED) is 0.879. The molecule has 0 spiro atoms. The van der Waals surface area contributed by atoms with Crippen LogP contribution in [-0.2, 0) is 6.54 Å². The second kappa shape index (κ2) is 4.41. The smallest absolute Gasteiger partial charge is 0.337 e. The normalized spacial score (nSPS) is 10.5. The van der Waals surface area contributed by atoms with E-state index >= 15 is 0 Å². The van der Waals surface area contributed by atoms with Crippen molar-refractivity contribution in [1.29, 1.82) is 0 Å². The van der Waals surface area contributed by atoms with Gasteiger partial charge in [-0.3, -0.25) is 4.98 Å². The number of hydrogen-bond donors (Lipinski definition) is 1. The summed E-state index contributed by atoms with van der Waals surface area (Å²) in [5.74, 6) is -0.884. The molecule has 2 heterocycles. The van der Waals surface area contributed by atoms with Crippen LogP contribution >= 0.6 is 0 Å². The Balaban J connectivity index is 2.37. The molecule has 0 amide bonds. The predicted molar refractivity (Wildman–Crippen MR) is 64.2 cm³/mol. The van der Waals surface area contributed by atoms with E-state index in [4.69, 9.17) is 5.11 Å². The van der Waals surface area contributed by atoms with Crippen LogP contribution < -0.4 is 0 Å². The number of carboxylic acid groups (broad SMARTS) is 1. The second-order valence-electron chi connectivity index (χ2n) is 4.00. The van der Waals surface area contributed by atoms with Gasteiger partial charge in [-0.15, -0.1) is 0 Å². The van der Waals surface area contributed by atoms with Gasteiger partial charge in [0.15, 0.2) is 0 Å². The fraction of sp³-hybridized carbons (Fsp3) is 0.231. The summed E-state index contributed by atoms with van der Waals surface area (Å²) in [6.45, 7) is 4.33. The van der Waals surface area contributed by atoms with Gasteiger partial charge in [0.25, 0.3) is 0 Å². The van der Waals surface area contributed by atoms with E-state index in [0.717, 1.165) is 17.1 Å². The van der Waals surface area contributed by atoms with Crippen molar-refractivity contribution in [2.75, 3.05) is 0 Å². The van der Waals surface area contributed by atoms with Gasteiger partial charge in [-0.25, -0.2) is 4.79 Å². The van der Waals surface area contributed by atoms with E-state index in [1.807, 2.05) is 36.6 Å². The van der Waals surface area contributed by atoms with Crippen LogP contribution in [0.1, 0.15) is 27.4 Å². The van der Waals surface area contributed by atoms with Gasteiger partial charge in [0.1, 0.15) is 0 Å². The number of pyridine rings is 1. The Hall–Kier alpha value is -2.10. The van der Waals surface area contributed by atoms with Gasteiger partial charge in [-0.05, 0) is 32.0 Å². The molecule has 2 aromatic heterocycles. The number of aromatic carboxylic acids is 1. The molecule has 0 aliphatic carbocycles. The largest absolute Gasteiger partial charge is 0.478 e. The lowest BCUT2D eigenvalue weighted by atomic mass is 10.2. The summed E-state index contributed by atoms with van der Waals surface area (Å²) < 4.78 is 1.96. The number of hydrogen-bond acceptors (Lipinski definition) is 2. The molecule has 4 nitrogen and oxygen atoms in total. The molecular weight excluding hydrogens is 216 g/mol. The zero-order valence-electron chi connectivity index (χ0n) is 9.84. The van der Waals surface area contributed by atoms with Crippen LogP contribution in [0.3, 0.4) is 0 Å². The van der Waals surface area contributed by atoms with E-state index in [-0.39, 0.29) is 0 Å². The molecule has 0 fully saturated rings. The van der Waals surface area contributed by atoms with Crippen molar-refractivity contribution in [3.05, 3.63) is 53.1 Å². The Labute approximate surface area is 99.5 Å². The van der Waals surface area contributed by atoms with Crippen molar-refractivity contribution >= 4 is 5.97 Å². The lowest BCUT2D eigenvalue weighted by Gasteiger charge is -2.08. The zero-order valence-corrected chi connectivity index (χ0v) is 9.84. The van der Waals surface area contributed by atoms with Crippen LogP contribution in [0.5, 0.6) is 0 Å². The van der Waals surface area contributed by atoms with Gasteiger partial charge in [0.2, 0.25) is 0 Å². The third-order valence-electron chi connectivity index (χ3n) is 2.85. The molecule has 0 aromatic carbocycles. The number of aromatic nitrogens is 2. The standard InChI is InChI=1S/C13H14N2O2/c1-9-7-12(13(16)17)10(2)15(9)8-11-5-3-4-6-14-11/h3-7H,8H2,1-2H3,(H,16,17). The summed E-state index contributed by atoms with van der Waals surface area (Å²) in [5.41, 5.74) is 2.98. The van der Waals surface area contributed by atoms with E-state index in [0.29, 0.717) is 12.1 Å². The fourth-order valence-electron chi connectivity index (χ4n) is 1.91. The number of carboxylic acids is 1. The van der Waals surface area contributed by atoms with Crippen LogP contribution in [0.15, 0.2) is 30.5 Å². The minimum atomic E-state index is -0.884. The molecule has 0 saturated heterocycles. The van der Waals surface area contributed by atoms with Gasteiger partial charge < -0.3 is 9.67 Å². The summed E-state index contributed by atoms with van der Waals surface area (Å²) >= 11 is 0. The first kappa shape index (κ1) is 11.4. The molecule has 4 heteroatoms. The summed E-state index contributed by atoms with van der Waals surface area (Å²) in [6.07, 6.45) is 1.74. The molecule has 0 atom stereocenters. The van der Waals surface area contributed by atoms with E-state index in [1.165, 1.54) is 0 Å². The Bertz CT molecular complexity index is 544. The maximum Gasteiger partial charge on any atom is 0.337 e. The highest BCUT2D eigenvalue weighted by Gasteiger charge is 2.14. The van der Waals surface area contributed by atoms with Crippen molar-refractivity contribution in [3.63, 3.8) is 0 Å². The summed E-state index contributed by atoms with van der Waals surface area (Å²) in [5, 5.41) is 9.04. The molecular formula is C13H14N2O2. The molecule has 0 saturated carbocycles. The summed E-state index contributed by atoms with van der Waals surface area (Å²) in [6, 6.07) is 7.41. The first-order valence-electron chi connectivity index (χ1n) is 5.39. The van der Waals surface area contributed by atoms with Gasteiger partial charge >= 0.3 is 5.97 Å². The van der Waals surface area contributed by atoms with Gasteiger partial charge in [-0.1, -0.05) is 6.07 Å². The number of nitrogens with zero attached hydrogens (tertiary/aromatic N) is 2. The predicted octanol–water partition coefficient (Wildman–Crippen LogP) is 2.25. The van der Waals surface area contributed by atoms with Crippen LogP contribution in [0.25, 0.3) is 0 Å². The van der Waals surface area contributed by atoms with E-state index in [9.17, 15) is 4.79 Å². The minimum Gasteiger partial charge on any atom is -0.478 e. The second-order valence-corrected chi connectivity index (χ2v) is 4.00. The topological polar surface area (TPSA) is 55.1 Å². The third kappa shape index (κ3) is 2.20. The molecule has 0 aliphatic heterocycles. The van der Waals surface area contributed by atoms with Gasteiger partial charge in [-0.2, -0.15) is 0 Å². The first-order valence-corrected chi connectivity index (χ1v) is 5.39. The van der Waals surface area contributed by atoms with Crippen molar-refractivity contribution in [2.24, 2.45) is 0 Å². The first-order chi connectivity index (χ1) is 8.09. The fourth-order valence-corrected chi connectivity index (χ4v) is 1.91. The average molecular weight is 230 g/mol. The highest BCUT2D eigenvalue weighted by atomic mass is 16.4. The average Bonchev–Trinajstić information content (AvgIpc) is 2.58. The molecule has 17 heavy (non-hydrogen) atoms. The SMILES string of the molecule is Cc1cc(C(=O)O)c(C)n1Cc1ccccn1. The number of carbonyl (C=O) groups is 1. The Morgan fingerprint density at radius 2 is 2.18 bits per heavy atom. The van der Waals surface area contributed by atoms with Crippen LogP contribution in [0.4, 0.5) is 0 Å². The molecule has 0 bridgehead atoms. The van der Waals surface area contributed by atoms with Gasteiger partial charge in [0.05, 0.1) is 17.8 Å². The van der Waals surface area contributed by atoms with E-state index in [1.54, 1.807) is 12.3 Å². The molecule has 2 aromatic rings. The van der Waals surface area contributed by atoms with Crippen LogP contribution in [0, 0.1) is 13.8 Å². The third-order valence-corrected chi connectivity index (χ3v) is 2.85. The molecule has 1 N–H and O–H groups in total. The summed E-state index contributed by atoms with van der Waals surface area (Å²) in [7, 11) is 0. The van der Waals surface area contributed by atoms with Crippen molar-refractivity contribution in [3.8, 4) is 0 Å². The highest BCUT2D eigenvalue weighted by molar-refractivity contribution is 5.89. The van der Waals surface area contributed by atoms with Crippen molar-refractivity contribution in [1.82, 2.24) is 9.55 Å². The lowest BCUT2D eigenvalue weighted by Crippen LogP contribution is -2.06. The van der Waals surface area contributed by atoms with Crippen LogP contribution in [0.2, 0.25) is 0 Å². The van der Waals surface area contributed by atoms with Crippen molar-refractivity contribution < 1.29 is 9.90 Å². The molecule has 0 unspecified atom stereocenters. The Kier molecular flexibility index (Phi) is 2.95. The van der Waals surface area contributed by atoms with Crippen molar-refractivity contribution in [2.45, 2.75) is 20.4 Å². The molecule has 0 radical (unpaired) electrons. The maximum absolute atomic E-state index is 11.0. The molecule has 2 rings (SSSR count). The Morgan fingerprint density at radius 1 is 1.41 bits per heavy atom. The molecule has 88 valence electrons. The number of aryl methyl sites for hydroxylation is 1. The van der Waals surface area contributed by atoms with Gasteiger partial charge in [0, 0.05) is 17.6 Å².